The van der Waals surface area contributed by atoms with E-state index in [0.29, 0.717) is 6.61 Å². The highest BCUT2D eigenvalue weighted by Gasteiger charge is 2.61. The van der Waals surface area contributed by atoms with Gasteiger partial charge >= 0.3 is 0 Å². The molecule has 0 unspecified atom stereocenters. The van der Waals surface area contributed by atoms with E-state index >= 15 is 4.39 Å². The fourth-order valence-electron chi connectivity index (χ4n) is 5.58. The topological polar surface area (TPSA) is 82.7 Å². The molecule has 0 radical (unpaired) electrons. The summed E-state index contributed by atoms with van der Waals surface area (Å²) in [5.41, 5.74) is 1.32. The number of fused-ring (bicyclic) bond motifs is 2. The zero-order chi connectivity index (χ0) is 22.1. The lowest BCUT2D eigenvalue weighted by atomic mass is 9.62. The number of nitrogens with zero attached hydrogens (tertiary/aromatic N) is 4. The Labute approximate surface area is 184 Å². The van der Waals surface area contributed by atoms with E-state index in [2.05, 4.69) is 22.3 Å². The van der Waals surface area contributed by atoms with Crippen LogP contribution in [-0.4, -0.2) is 43.4 Å². The van der Waals surface area contributed by atoms with Crippen LogP contribution in [0.2, 0.25) is 0 Å². The van der Waals surface area contributed by atoms with Gasteiger partial charge in [0.2, 0.25) is 5.82 Å². The molecule has 0 spiro atoms. The lowest BCUT2D eigenvalue weighted by Gasteiger charge is -2.41. The van der Waals surface area contributed by atoms with Crippen LogP contribution in [0, 0.1) is 5.82 Å². The number of rotatable bonds is 5. The number of aromatic nitrogens is 4. The van der Waals surface area contributed by atoms with Gasteiger partial charge in [0, 0.05) is 31.1 Å². The second-order valence-electron chi connectivity index (χ2n) is 9.77. The van der Waals surface area contributed by atoms with Gasteiger partial charge in [-0.05, 0) is 51.5 Å². The lowest BCUT2D eigenvalue weighted by Crippen LogP contribution is -2.45. The van der Waals surface area contributed by atoms with Gasteiger partial charge in [-0.25, -0.2) is 4.98 Å². The molecule has 2 aliphatic heterocycles. The van der Waals surface area contributed by atoms with Gasteiger partial charge in [0.1, 0.15) is 5.69 Å². The van der Waals surface area contributed by atoms with Crippen LogP contribution in [0.15, 0.2) is 24.7 Å². The summed E-state index contributed by atoms with van der Waals surface area (Å²) in [6.45, 7) is 2.71. The van der Waals surface area contributed by atoms with Crippen LogP contribution in [0.1, 0.15) is 61.6 Å². The molecular weight excluding hydrogens is 413 g/mol. The molecule has 2 saturated carbocycles. The Morgan fingerprint density at radius 1 is 1.31 bits per heavy atom. The van der Waals surface area contributed by atoms with Gasteiger partial charge in [-0.2, -0.15) is 9.49 Å². The number of hydrogen-bond acceptors (Lipinski definition) is 5. The van der Waals surface area contributed by atoms with Gasteiger partial charge in [-0.3, -0.25) is 9.48 Å². The third kappa shape index (κ3) is 3.02. The number of pyridine rings is 1. The number of carbonyl (C=O) groups is 1. The second kappa shape index (κ2) is 6.78. The number of imidazole rings is 1. The fourth-order valence-corrected chi connectivity index (χ4v) is 5.58. The molecule has 3 aromatic rings. The number of nitrogens with one attached hydrogen (secondary N) is 1. The molecule has 8 nitrogen and oxygen atoms in total. The molecule has 5 heterocycles. The van der Waals surface area contributed by atoms with Gasteiger partial charge < -0.3 is 19.2 Å². The molecule has 2 bridgehead atoms. The van der Waals surface area contributed by atoms with Crippen molar-refractivity contribution in [2.45, 2.75) is 62.6 Å². The summed E-state index contributed by atoms with van der Waals surface area (Å²) in [4.78, 5) is 17.4. The molecule has 1 N–H and O–H groups in total. The monoisotopic (exact) mass is 439 g/mol. The van der Waals surface area contributed by atoms with Crippen LogP contribution in [0.4, 0.5) is 10.1 Å². The molecule has 32 heavy (non-hydrogen) atoms. The number of aryl methyl sites for hydroxylation is 1. The van der Waals surface area contributed by atoms with Gasteiger partial charge in [0.15, 0.2) is 17.1 Å². The third-order valence-corrected chi connectivity index (χ3v) is 7.09. The minimum Gasteiger partial charge on any atom is -0.485 e. The second-order valence-corrected chi connectivity index (χ2v) is 9.77. The van der Waals surface area contributed by atoms with E-state index < -0.39 is 11.7 Å². The van der Waals surface area contributed by atoms with Crippen LogP contribution >= 0.6 is 0 Å². The Hall–Kier alpha value is -2.94. The molecule has 3 aromatic heterocycles. The summed E-state index contributed by atoms with van der Waals surface area (Å²) < 4.78 is 30.9. The maximum atomic E-state index is 15.7. The summed E-state index contributed by atoms with van der Waals surface area (Å²) in [7, 11) is 1.74. The zero-order valence-electron chi connectivity index (χ0n) is 18.2. The number of hydrogen-bond donors (Lipinski definition) is 1. The molecule has 2 saturated heterocycles. The molecular formula is C23H26FN5O3. The quantitative estimate of drug-likeness (QED) is 0.657. The first-order valence-electron chi connectivity index (χ1n) is 11.2. The molecule has 168 valence electrons. The maximum Gasteiger partial charge on any atom is 0.276 e. The minimum atomic E-state index is -0.556. The van der Waals surface area contributed by atoms with Crippen molar-refractivity contribution < 1.29 is 18.7 Å². The van der Waals surface area contributed by atoms with Crippen molar-refractivity contribution >= 4 is 17.2 Å². The largest absolute Gasteiger partial charge is 0.485 e. The Morgan fingerprint density at radius 3 is 2.75 bits per heavy atom. The van der Waals surface area contributed by atoms with E-state index in [0.717, 1.165) is 44.2 Å². The summed E-state index contributed by atoms with van der Waals surface area (Å²) >= 11 is 0. The van der Waals surface area contributed by atoms with E-state index in [1.807, 2.05) is 6.20 Å². The zero-order valence-corrected chi connectivity index (χ0v) is 18.2. The number of ether oxygens (including phenoxy) is 2. The number of anilines is 1. The van der Waals surface area contributed by atoms with Crippen molar-refractivity contribution in [3.63, 3.8) is 0 Å². The summed E-state index contributed by atoms with van der Waals surface area (Å²) in [6, 6.07) is 1.61. The van der Waals surface area contributed by atoms with Crippen molar-refractivity contribution in [2.75, 3.05) is 11.9 Å². The Bertz CT molecular complexity index is 1220. The first-order valence-corrected chi connectivity index (χ1v) is 11.2. The predicted molar refractivity (Wildman–Crippen MR) is 114 cm³/mol. The highest BCUT2D eigenvalue weighted by molar-refractivity contribution is 6.03. The fraction of sp³-hybridized carbons (Fsp3) is 0.522. The molecule has 7 rings (SSSR count). The van der Waals surface area contributed by atoms with Crippen molar-refractivity contribution in [1.29, 1.82) is 0 Å². The Kier molecular flexibility index (Phi) is 4.18. The summed E-state index contributed by atoms with van der Waals surface area (Å²) in [6.07, 6.45) is 10.8. The summed E-state index contributed by atoms with van der Waals surface area (Å²) in [5.74, 6) is -0.928. The number of halogens is 1. The molecule has 9 heteroatoms. The van der Waals surface area contributed by atoms with Gasteiger partial charge in [-0.1, -0.05) is 0 Å². The van der Waals surface area contributed by atoms with Crippen LogP contribution in [0.3, 0.4) is 0 Å². The number of amides is 1. The highest BCUT2D eigenvalue weighted by Crippen LogP contribution is 2.58. The molecule has 0 aromatic carbocycles. The molecule has 0 atom stereocenters. The Balaban J connectivity index is 1.40. The van der Waals surface area contributed by atoms with Crippen molar-refractivity contribution in [2.24, 2.45) is 7.05 Å². The standard InChI is InChI=1S/C23H26FN5O3/c1-22-11-23(12-22,13-31-22)17-10-29-9-16(25-21(30)15-7-8-28(2)27-15)19(18(24)20(29)26-17)32-14-5-3-4-6-14/h7-10,14H,3-6,11-13H2,1-2H3,(H,25,30). The van der Waals surface area contributed by atoms with Gasteiger partial charge in [-0.15, -0.1) is 0 Å². The molecule has 2 aliphatic carbocycles. The van der Waals surface area contributed by atoms with Crippen LogP contribution in [0.25, 0.3) is 5.65 Å². The van der Waals surface area contributed by atoms with Gasteiger partial charge in [0.25, 0.3) is 5.91 Å². The van der Waals surface area contributed by atoms with E-state index in [1.165, 1.54) is 0 Å². The van der Waals surface area contributed by atoms with E-state index in [1.54, 1.807) is 34.6 Å². The lowest BCUT2D eigenvalue weighted by molar-refractivity contribution is 0.0154. The molecule has 1 amide bonds. The highest BCUT2D eigenvalue weighted by atomic mass is 19.1. The first kappa shape index (κ1) is 19.7. The molecule has 4 fully saturated rings. The van der Waals surface area contributed by atoms with Crippen LogP contribution in [-0.2, 0) is 17.2 Å². The van der Waals surface area contributed by atoms with Crippen LogP contribution in [0.5, 0.6) is 5.75 Å². The van der Waals surface area contributed by atoms with Crippen molar-refractivity contribution in [3.05, 3.63) is 41.9 Å². The maximum absolute atomic E-state index is 15.7. The van der Waals surface area contributed by atoms with Crippen molar-refractivity contribution in [3.8, 4) is 5.75 Å². The van der Waals surface area contributed by atoms with E-state index in [4.69, 9.17) is 9.47 Å². The first-order chi connectivity index (χ1) is 15.3. The third-order valence-electron chi connectivity index (χ3n) is 7.09. The smallest absolute Gasteiger partial charge is 0.276 e. The number of carbonyl (C=O) groups excluding carboxylic acids is 1. The van der Waals surface area contributed by atoms with E-state index in [-0.39, 0.29) is 39.9 Å². The Morgan fingerprint density at radius 2 is 2.09 bits per heavy atom. The SMILES string of the molecule is Cn1ccc(C(=O)Nc2cn3cc(C45COC(C)(C4)C5)nc3c(F)c2OC2CCCC2)n1. The minimum absolute atomic E-state index is 0.0458. The summed E-state index contributed by atoms with van der Waals surface area (Å²) in [5, 5.41) is 6.94. The average molecular weight is 439 g/mol. The van der Waals surface area contributed by atoms with Crippen molar-refractivity contribution in [1.82, 2.24) is 19.2 Å². The normalized spacial score (nSPS) is 27.1. The van der Waals surface area contributed by atoms with Crippen LogP contribution < -0.4 is 10.1 Å². The average Bonchev–Trinajstić information content (AvgIpc) is 3.52. The molecule has 4 aliphatic rings. The predicted octanol–water partition coefficient (Wildman–Crippen LogP) is 3.60. The van der Waals surface area contributed by atoms with Gasteiger partial charge in [0.05, 0.1) is 24.0 Å². The van der Waals surface area contributed by atoms with E-state index in [9.17, 15) is 4.79 Å².